The predicted molar refractivity (Wildman–Crippen MR) is 80.2 cm³/mol. The summed E-state index contributed by atoms with van der Waals surface area (Å²) in [6, 6.07) is 6.74. The first kappa shape index (κ1) is 14.7. The molecule has 0 aliphatic carbocycles. The Kier molecular flexibility index (Phi) is 4.23. The number of aromatic amines is 1. The number of hydrogen-bond acceptors (Lipinski definition) is 2. The van der Waals surface area contributed by atoms with E-state index in [-0.39, 0.29) is 11.4 Å². The Hall–Kier alpha value is -1.68. The molecule has 4 heteroatoms. The van der Waals surface area contributed by atoms with Crippen molar-refractivity contribution >= 4 is 0 Å². The van der Waals surface area contributed by atoms with Crippen LogP contribution in [-0.2, 0) is 6.42 Å². The molecule has 0 bridgehead atoms. The highest BCUT2D eigenvalue weighted by atomic mass is 19.1. The zero-order valence-electron chi connectivity index (χ0n) is 12.5. The Labute approximate surface area is 119 Å². The third-order valence-electron chi connectivity index (χ3n) is 3.08. The summed E-state index contributed by atoms with van der Waals surface area (Å²) < 4.78 is 13.8. The summed E-state index contributed by atoms with van der Waals surface area (Å²) in [7, 11) is 0. The average molecular weight is 275 g/mol. The van der Waals surface area contributed by atoms with Crippen LogP contribution < -0.4 is 5.32 Å². The summed E-state index contributed by atoms with van der Waals surface area (Å²) in [6.07, 6.45) is 0.798. The van der Waals surface area contributed by atoms with Gasteiger partial charge in [0.1, 0.15) is 11.6 Å². The van der Waals surface area contributed by atoms with Crippen LogP contribution in [0.15, 0.2) is 24.3 Å². The molecule has 20 heavy (non-hydrogen) atoms. The molecule has 0 fully saturated rings. The van der Waals surface area contributed by atoms with E-state index in [0.29, 0.717) is 11.3 Å². The normalized spacial score (nSPS) is 11.8. The fourth-order valence-corrected chi connectivity index (χ4v) is 2.11. The van der Waals surface area contributed by atoms with Crippen molar-refractivity contribution in [3.8, 4) is 11.3 Å². The highest BCUT2D eigenvalue weighted by Gasteiger charge is 2.13. The van der Waals surface area contributed by atoms with Gasteiger partial charge in [0.2, 0.25) is 0 Å². The first-order chi connectivity index (χ1) is 9.37. The van der Waals surface area contributed by atoms with Gasteiger partial charge in [-0.3, -0.25) is 0 Å². The lowest BCUT2D eigenvalue weighted by molar-refractivity contribution is 0.427. The Morgan fingerprint density at radius 2 is 1.95 bits per heavy atom. The highest BCUT2D eigenvalue weighted by Crippen LogP contribution is 2.23. The first-order valence-electron chi connectivity index (χ1n) is 6.92. The number of aryl methyl sites for hydroxylation is 1. The molecule has 2 N–H and O–H groups in total. The number of nitrogens with one attached hydrogen (secondary N) is 2. The number of nitrogens with zero attached hydrogens (tertiary/aromatic N) is 1. The first-order valence-corrected chi connectivity index (χ1v) is 6.92. The molecule has 0 aliphatic rings. The average Bonchev–Trinajstić information content (AvgIpc) is 2.69. The fraction of sp³-hybridized carbons (Fsp3) is 0.438. The van der Waals surface area contributed by atoms with E-state index in [9.17, 15) is 4.39 Å². The maximum atomic E-state index is 13.8. The molecule has 0 spiro atoms. The van der Waals surface area contributed by atoms with Gasteiger partial charge in [-0.05, 0) is 39.8 Å². The third kappa shape index (κ3) is 3.67. The van der Waals surface area contributed by atoms with E-state index < -0.39 is 0 Å². The Bertz CT molecular complexity index is 582. The molecular formula is C16H22FN3. The summed E-state index contributed by atoms with van der Waals surface area (Å²) in [6.45, 7) is 9.16. The van der Waals surface area contributed by atoms with Gasteiger partial charge >= 0.3 is 0 Å². The van der Waals surface area contributed by atoms with E-state index in [2.05, 4.69) is 36.1 Å². The van der Waals surface area contributed by atoms with Gasteiger partial charge in [-0.1, -0.05) is 12.1 Å². The zero-order valence-corrected chi connectivity index (χ0v) is 12.5. The molecule has 0 aliphatic heterocycles. The van der Waals surface area contributed by atoms with E-state index >= 15 is 0 Å². The van der Waals surface area contributed by atoms with E-state index in [4.69, 9.17) is 0 Å². The lowest BCUT2D eigenvalue weighted by Crippen LogP contribution is -2.37. The Morgan fingerprint density at radius 3 is 2.60 bits per heavy atom. The number of H-pyrrole nitrogens is 1. The SMILES string of the molecule is Cc1[nH]c(CCNC(C)(C)C)nc1-c1ccccc1F. The maximum absolute atomic E-state index is 13.8. The number of imidazole rings is 1. The molecule has 108 valence electrons. The molecule has 0 radical (unpaired) electrons. The summed E-state index contributed by atoms with van der Waals surface area (Å²) in [5.41, 5.74) is 2.25. The maximum Gasteiger partial charge on any atom is 0.132 e. The molecule has 0 saturated heterocycles. The minimum Gasteiger partial charge on any atom is -0.346 e. The second-order valence-corrected chi connectivity index (χ2v) is 6.06. The minimum absolute atomic E-state index is 0.0933. The highest BCUT2D eigenvalue weighted by molar-refractivity contribution is 5.62. The largest absolute Gasteiger partial charge is 0.346 e. The lowest BCUT2D eigenvalue weighted by Gasteiger charge is -2.19. The molecule has 3 nitrogen and oxygen atoms in total. The monoisotopic (exact) mass is 275 g/mol. The van der Waals surface area contributed by atoms with Crippen LogP contribution in [0.1, 0.15) is 32.3 Å². The van der Waals surface area contributed by atoms with Crippen LogP contribution in [0.5, 0.6) is 0 Å². The molecule has 1 aromatic heterocycles. The lowest BCUT2D eigenvalue weighted by atomic mass is 10.1. The Balaban J connectivity index is 2.12. The van der Waals surface area contributed by atoms with Crippen LogP contribution in [0.25, 0.3) is 11.3 Å². The molecular weight excluding hydrogens is 253 g/mol. The molecule has 0 atom stereocenters. The molecule has 0 amide bonds. The third-order valence-corrected chi connectivity index (χ3v) is 3.08. The number of halogens is 1. The van der Waals surface area contributed by atoms with E-state index in [1.807, 2.05) is 13.0 Å². The number of benzene rings is 1. The minimum atomic E-state index is -0.235. The molecule has 2 aromatic rings. The molecule has 1 aromatic carbocycles. The fourth-order valence-electron chi connectivity index (χ4n) is 2.11. The topological polar surface area (TPSA) is 40.7 Å². The molecule has 0 saturated carbocycles. The molecule has 1 heterocycles. The van der Waals surface area contributed by atoms with E-state index in [1.165, 1.54) is 6.07 Å². The van der Waals surface area contributed by atoms with Gasteiger partial charge in [-0.15, -0.1) is 0 Å². The van der Waals surface area contributed by atoms with Crippen molar-refractivity contribution in [1.29, 1.82) is 0 Å². The Morgan fingerprint density at radius 1 is 1.25 bits per heavy atom. The summed E-state index contributed by atoms with van der Waals surface area (Å²) >= 11 is 0. The van der Waals surface area contributed by atoms with Crippen molar-refractivity contribution in [2.24, 2.45) is 0 Å². The van der Waals surface area contributed by atoms with Crippen molar-refractivity contribution in [1.82, 2.24) is 15.3 Å². The van der Waals surface area contributed by atoms with Crippen LogP contribution >= 0.6 is 0 Å². The quantitative estimate of drug-likeness (QED) is 0.897. The van der Waals surface area contributed by atoms with Crippen LogP contribution in [0.4, 0.5) is 4.39 Å². The van der Waals surface area contributed by atoms with Crippen LogP contribution in [-0.4, -0.2) is 22.1 Å². The van der Waals surface area contributed by atoms with Crippen LogP contribution in [0.2, 0.25) is 0 Å². The van der Waals surface area contributed by atoms with Crippen molar-refractivity contribution in [2.45, 2.75) is 39.7 Å². The summed E-state index contributed by atoms with van der Waals surface area (Å²) in [5.74, 6) is 0.652. The van der Waals surface area contributed by atoms with Crippen LogP contribution in [0, 0.1) is 12.7 Å². The van der Waals surface area contributed by atoms with Gasteiger partial charge in [0.05, 0.1) is 5.69 Å². The van der Waals surface area contributed by atoms with Gasteiger partial charge in [0.15, 0.2) is 0 Å². The second-order valence-electron chi connectivity index (χ2n) is 6.06. The number of aromatic nitrogens is 2. The van der Waals surface area contributed by atoms with Gasteiger partial charge in [-0.25, -0.2) is 9.37 Å². The smallest absolute Gasteiger partial charge is 0.132 e. The van der Waals surface area contributed by atoms with Gasteiger partial charge in [0, 0.05) is 29.8 Å². The summed E-state index contributed by atoms with van der Waals surface area (Å²) in [4.78, 5) is 7.76. The molecule has 0 unspecified atom stereocenters. The van der Waals surface area contributed by atoms with Crippen molar-refractivity contribution in [3.05, 3.63) is 41.6 Å². The summed E-state index contributed by atoms with van der Waals surface area (Å²) in [5, 5.41) is 3.42. The van der Waals surface area contributed by atoms with E-state index in [0.717, 1.165) is 24.5 Å². The van der Waals surface area contributed by atoms with Crippen LogP contribution in [0.3, 0.4) is 0 Å². The number of rotatable bonds is 4. The second kappa shape index (κ2) is 5.75. The molecule has 2 rings (SSSR count). The predicted octanol–water partition coefficient (Wildman–Crippen LogP) is 3.45. The van der Waals surface area contributed by atoms with Crippen molar-refractivity contribution in [3.63, 3.8) is 0 Å². The van der Waals surface area contributed by atoms with Gasteiger partial charge < -0.3 is 10.3 Å². The van der Waals surface area contributed by atoms with E-state index in [1.54, 1.807) is 12.1 Å². The standard InChI is InChI=1S/C16H22FN3/c1-11-15(12-7-5-6-8-13(12)17)20-14(19-11)9-10-18-16(2,3)4/h5-8,18H,9-10H2,1-4H3,(H,19,20). The van der Waals surface area contributed by atoms with Crippen molar-refractivity contribution < 1.29 is 4.39 Å². The van der Waals surface area contributed by atoms with Crippen molar-refractivity contribution in [2.75, 3.05) is 6.54 Å². The zero-order chi connectivity index (χ0) is 14.8. The van der Waals surface area contributed by atoms with Gasteiger partial charge in [0.25, 0.3) is 0 Å². The number of hydrogen-bond donors (Lipinski definition) is 2. The van der Waals surface area contributed by atoms with Gasteiger partial charge in [-0.2, -0.15) is 0 Å².